The van der Waals surface area contributed by atoms with E-state index < -0.39 is 23.7 Å². The first-order valence-electron chi connectivity index (χ1n) is 15.4. The third-order valence-corrected chi connectivity index (χ3v) is 9.57. The molecule has 1 N–H and O–H groups in total. The monoisotopic (exact) mass is 696 g/mol. The van der Waals surface area contributed by atoms with Crippen molar-refractivity contribution in [3.8, 4) is 11.5 Å². The van der Waals surface area contributed by atoms with Gasteiger partial charge in [-0.25, -0.2) is 9.78 Å². The first-order valence-corrected chi connectivity index (χ1v) is 16.2. The number of rotatable bonds is 11. The molecule has 0 radical (unpaired) electrons. The number of halogens is 2. The Morgan fingerprint density at radius 1 is 1.08 bits per heavy atom. The first kappa shape index (κ1) is 33.4. The molecule has 0 saturated carbocycles. The molecule has 2 aromatic carbocycles. The Balaban J connectivity index is 1.39. The second-order valence-corrected chi connectivity index (χ2v) is 12.6. The highest BCUT2D eigenvalue weighted by Crippen LogP contribution is 2.39. The van der Waals surface area contributed by atoms with Crippen LogP contribution in [0.2, 0.25) is 10.0 Å². The second-order valence-electron chi connectivity index (χ2n) is 11.8. The number of aromatic carboxylic acids is 1. The molecule has 2 bridgehead atoms. The Morgan fingerprint density at radius 2 is 1.77 bits per heavy atom. The zero-order valence-electron chi connectivity index (χ0n) is 26.3. The number of ether oxygens (including phenoxy) is 3. The van der Waals surface area contributed by atoms with Crippen LogP contribution in [0.3, 0.4) is 0 Å². The lowest BCUT2D eigenvalue weighted by molar-refractivity contribution is -0.904. The molecular weight excluding hydrogens is 663 g/mol. The molecule has 252 valence electrons. The number of fused-ring (bicyclic) bond motifs is 3. The van der Waals surface area contributed by atoms with E-state index in [1.807, 2.05) is 6.07 Å². The van der Waals surface area contributed by atoms with Gasteiger partial charge < -0.3 is 28.5 Å². The number of anilines is 1. The number of piperidine rings is 3. The minimum Gasteiger partial charge on any atom is -0.543 e. The fraction of sp³-hybridized carbons (Fsp3) is 0.353. The van der Waals surface area contributed by atoms with E-state index in [4.69, 9.17) is 41.8 Å². The Hall–Kier alpha value is -4.52. The van der Waals surface area contributed by atoms with E-state index in [-0.39, 0.29) is 46.7 Å². The molecule has 14 heteroatoms. The minimum atomic E-state index is -1.58. The molecule has 4 aromatic rings. The molecule has 3 fully saturated rings. The van der Waals surface area contributed by atoms with Crippen LogP contribution in [0, 0.1) is 5.92 Å². The van der Waals surface area contributed by atoms with Crippen LogP contribution < -0.4 is 24.2 Å². The van der Waals surface area contributed by atoms with Crippen LogP contribution >= 0.6 is 23.2 Å². The summed E-state index contributed by atoms with van der Waals surface area (Å²) in [5.74, 6) is -1.40. The summed E-state index contributed by atoms with van der Waals surface area (Å²) in [5.41, 5.74) is 1.05. The Labute approximate surface area is 286 Å². The quantitative estimate of drug-likeness (QED) is 0.176. The number of para-hydroxylation sites is 1. The maximum absolute atomic E-state index is 13.8. The van der Waals surface area contributed by atoms with Crippen molar-refractivity contribution in [1.29, 1.82) is 0 Å². The first-order chi connectivity index (χ1) is 23.1. The zero-order valence-corrected chi connectivity index (χ0v) is 27.8. The molecule has 3 aliphatic rings. The van der Waals surface area contributed by atoms with E-state index >= 15 is 0 Å². The Bertz CT molecular complexity index is 1770. The summed E-state index contributed by atoms with van der Waals surface area (Å²) < 4.78 is 23.9. The molecule has 2 atom stereocenters. The fourth-order valence-corrected chi connectivity index (χ4v) is 7.05. The molecule has 3 aliphatic heterocycles. The van der Waals surface area contributed by atoms with Gasteiger partial charge in [0.25, 0.3) is 0 Å². The van der Waals surface area contributed by atoms with Crippen LogP contribution in [-0.4, -0.2) is 67.1 Å². The molecule has 48 heavy (non-hydrogen) atoms. The summed E-state index contributed by atoms with van der Waals surface area (Å²) >= 11 is 13.0. The molecule has 1 amide bonds. The van der Waals surface area contributed by atoms with E-state index in [1.165, 1.54) is 31.5 Å². The summed E-state index contributed by atoms with van der Waals surface area (Å²) in [7, 11) is 2.98. The van der Waals surface area contributed by atoms with Crippen LogP contribution in [0.4, 0.5) is 10.5 Å². The van der Waals surface area contributed by atoms with E-state index in [0.717, 1.165) is 30.7 Å². The maximum Gasteiger partial charge on any atom is 0.415 e. The molecule has 0 spiro atoms. The average Bonchev–Trinajstić information content (AvgIpc) is 3.51. The van der Waals surface area contributed by atoms with Gasteiger partial charge in [-0.2, -0.15) is 0 Å². The van der Waals surface area contributed by atoms with E-state index in [0.29, 0.717) is 34.9 Å². The topological polar surface area (TPSA) is 142 Å². The van der Waals surface area contributed by atoms with E-state index in [2.05, 4.69) is 9.88 Å². The smallest absolute Gasteiger partial charge is 0.415 e. The van der Waals surface area contributed by atoms with Crippen LogP contribution in [0.15, 0.2) is 65.3 Å². The fourth-order valence-electron chi connectivity index (χ4n) is 6.44. The minimum absolute atomic E-state index is 0.0346. The maximum atomic E-state index is 13.8. The molecular formula is C34H34Cl2N4O8. The van der Waals surface area contributed by atoms with Gasteiger partial charge in [0.2, 0.25) is 18.3 Å². The van der Waals surface area contributed by atoms with Crippen LogP contribution in [0.25, 0.3) is 0 Å². The van der Waals surface area contributed by atoms with Gasteiger partial charge in [-0.15, -0.1) is 0 Å². The molecule has 5 heterocycles. The number of benzene rings is 2. The second kappa shape index (κ2) is 14.3. The SMILES string of the molecule is COc1ccc([C@H](Cc2c(Cl)c[n+](O)cc2Cl)c2oc(CN(C(=O)O[C@H]3CN4CCC3CC4)c3ccccc3)nc2C(=O)[O-])cc1OC. The largest absolute Gasteiger partial charge is 0.543 e. The highest BCUT2D eigenvalue weighted by Gasteiger charge is 2.38. The number of carbonyl (C=O) groups excluding carboxylic acids is 2. The number of carboxylic acids is 1. The number of amides is 1. The van der Waals surface area contributed by atoms with Gasteiger partial charge in [0.1, 0.15) is 34.1 Å². The lowest BCUT2D eigenvalue weighted by Crippen LogP contribution is -2.53. The molecule has 7 rings (SSSR count). The standard InChI is InChI=1S/C34H34Cl2N4O8/c1-45-27-9-8-21(14-28(27)46-2)23(15-24-25(35)16-39(44)17-26(24)36)32-31(33(41)42)37-30(48-32)19-40(22-6-4-3-5-7-22)34(43)47-29-18-38-12-10-20(29)11-13-38/h3-9,14,16-17,20,23,29H,10-13,15,18-19H2,1-2H3,(H-,41,42,44)/t23-,29-/m0/s1. The van der Waals surface area contributed by atoms with Gasteiger partial charge in [-0.1, -0.05) is 47.5 Å². The zero-order chi connectivity index (χ0) is 33.9. The Kier molecular flexibility index (Phi) is 9.95. The number of aromatic nitrogens is 2. The lowest BCUT2D eigenvalue weighted by Gasteiger charge is -2.44. The van der Waals surface area contributed by atoms with Crippen molar-refractivity contribution in [2.75, 3.05) is 38.8 Å². The number of hydrogen-bond acceptors (Lipinski definition) is 10. The van der Waals surface area contributed by atoms with E-state index in [9.17, 15) is 19.9 Å². The van der Waals surface area contributed by atoms with E-state index in [1.54, 1.807) is 42.5 Å². The van der Waals surface area contributed by atoms with Crippen molar-refractivity contribution in [2.24, 2.45) is 5.92 Å². The predicted molar refractivity (Wildman–Crippen MR) is 172 cm³/mol. The van der Waals surface area contributed by atoms with Gasteiger partial charge in [-0.05, 0) is 68.1 Å². The number of oxazole rings is 1. The normalized spacial score (nSPS) is 19.0. The summed E-state index contributed by atoms with van der Waals surface area (Å²) in [6.45, 7) is 2.44. The number of carbonyl (C=O) groups is 2. The number of nitrogens with zero attached hydrogens (tertiary/aromatic N) is 4. The van der Waals surface area contributed by atoms with Crippen LogP contribution in [0.5, 0.6) is 11.5 Å². The van der Waals surface area contributed by atoms with Gasteiger partial charge in [0, 0.05) is 28.4 Å². The number of pyridine rings is 1. The third-order valence-electron chi connectivity index (χ3n) is 8.92. The van der Waals surface area contributed by atoms with Crippen molar-refractivity contribution < 1.29 is 43.3 Å². The lowest BCUT2D eigenvalue weighted by atomic mass is 9.86. The highest BCUT2D eigenvalue weighted by atomic mass is 35.5. The average molecular weight is 698 g/mol. The highest BCUT2D eigenvalue weighted by molar-refractivity contribution is 6.35. The molecule has 0 unspecified atom stereocenters. The number of carboxylic acid groups (broad SMARTS) is 1. The Morgan fingerprint density at radius 3 is 2.38 bits per heavy atom. The predicted octanol–water partition coefficient (Wildman–Crippen LogP) is 4.50. The van der Waals surface area contributed by atoms with Gasteiger partial charge in [0.15, 0.2) is 11.5 Å². The summed E-state index contributed by atoms with van der Waals surface area (Å²) in [6, 6.07) is 14.0. The summed E-state index contributed by atoms with van der Waals surface area (Å²) in [5, 5.41) is 22.8. The molecule has 2 aromatic heterocycles. The van der Waals surface area contributed by atoms with Crippen molar-refractivity contribution in [1.82, 2.24) is 9.88 Å². The van der Waals surface area contributed by atoms with Crippen molar-refractivity contribution in [3.63, 3.8) is 0 Å². The summed E-state index contributed by atoms with van der Waals surface area (Å²) in [4.78, 5) is 34.3. The van der Waals surface area contributed by atoms with Gasteiger partial charge >= 0.3 is 6.09 Å². The molecule has 12 nitrogen and oxygen atoms in total. The number of methoxy groups -OCH3 is 2. The van der Waals surface area contributed by atoms with Crippen LogP contribution in [0.1, 0.15) is 52.0 Å². The van der Waals surface area contributed by atoms with Crippen molar-refractivity contribution >= 4 is 41.0 Å². The number of hydrogen-bond donors (Lipinski definition) is 1. The molecule has 3 saturated heterocycles. The third kappa shape index (κ3) is 7.01. The van der Waals surface area contributed by atoms with Crippen molar-refractivity contribution in [3.05, 3.63) is 99.4 Å². The summed E-state index contributed by atoms with van der Waals surface area (Å²) in [6.07, 6.45) is 3.65. The van der Waals surface area contributed by atoms with Gasteiger partial charge in [-0.3, -0.25) is 15.0 Å². The molecule has 0 aliphatic carbocycles. The van der Waals surface area contributed by atoms with Gasteiger partial charge in [0.05, 0.1) is 20.2 Å². The van der Waals surface area contributed by atoms with Crippen molar-refractivity contribution in [2.45, 2.75) is 37.8 Å². The van der Waals surface area contributed by atoms with Crippen LogP contribution in [-0.2, 0) is 17.7 Å².